The number of thiazole rings is 1. The second-order valence-corrected chi connectivity index (χ2v) is 11.0. The standard InChI is InChI=1S/C28H31N9O2S/c1-3-22-27(33(2)28-32-23(18-40-28)21-7-5-4-6-19(21)12-29)37-16-25(30-13-24(37)31-22)35-10-8-34(9-11-35)17-26(39)36-14-20(38)15-36/h4-7,13,16,18,20,38H,3,8-11,14-15,17H2,1-2H3. The van der Waals surface area contributed by atoms with Crippen molar-refractivity contribution in [2.45, 2.75) is 19.4 Å². The first-order valence-corrected chi connectivity index (χ1v) is 14.3. The molecule has 5 heterocycles. The van der Waals surface area contributed by atoms with Crippen LogP contribution in [0.1, 0.15) is 18.2 Å². The van der Waals surface area contributed by atoms with E-state index in [1.165, 1.54) is 11.3 Å². The van der Waals surface area contributed by atoms with Gasteiger partial charge in [0.05, 0.1) is 48.1 Å². The number of nitrogens with zero attached hydrogens (tertiary/aromatic N) is 9. The lowest BCUT2D eigenvalue weighted by Gasteiger charge is -2.39. The second-order valence-electron chi connectivity index (χ2n) is 10.2. The quantitative estimate of drug-likeness (QED) is 0.365. The van der Waals surface area contributed by atoms with Gasteiger partial charge in [0.1, 0.15) is 11.6 Å². The zero-order valence-electron chi connectivity index (χ0n) is 22.6. The summed E-state index contributed by atoms with van der Waals surface area (Å²) in [5.74, 6) is 1.89. The Kier molecular flexibility index (Phi) is 7.10. The Morgan fingerprint density at radius 1 is 1.20 bits per heavy atom. The number of hydrogen-bond acceptors (Lipinski definition) is 10. The van der Waals surface area contributed by atoms with Crippen molar-refractivity contribution in [1.29, 1.82) is 5.26 Å². The number of amides is 1. The molecule has 4 aromatic rings. The van der Waals surface area contributed by atoms with E-state index < -0.39 is 0 Å². The number of aliphatic hydroxyl groups excluding tert-OH is 1. The van der Waals surface area contributed by atoms with Crippen molar-refractivity contribution < 1.29 is 9.90 Å². The Labute approximate surface area is 236 Å². The van der Waals surface area contributed by atoms with E-state index in [0.717, 1.165) is 72.0 Å². The molecule has 3 aromatic heterocycles. The number of piperazine rings is 1. The molecule has 0 atom stereocenters. The number of rotatable bonds is 7. The number of aliphatic hydroxyl groups is 1. The van der Waals surface area contributed by atoms with Crippen LogP contribution in [0.25, 0.3) is 16.9 Å². The van der Waals surface area contributed by atoms with Gasteiger partial charge in [0.2, 0.25) is 5.91 Å². The molecule has 1 aromatic carbocycles. The number of aromatic nitrogens is 4. The van der Waals surface area contributed by atoms with Crippen LogP contribution in [0.2, 0.25) is 0 Å². The minimum absolute atomic E-state index is 0.0814. The summed E-state index contributed by atoms with van der Waals surface area (Å²) in [5, 5.41) is 21.8. The maximum atomic E-state index is 12.4. The molecule has 11 nitrogen and oxygen atoms in total. The van der Waals surface area contributed by atoms with Crippen LogP contribution in [0.4, 0.5) is 16.8 Å². The Balaban J connectivity index is 1.21. The molecule has 40 heavy (non-hydrogen) atoms. The molecule has 2 aliphatic rings. The van der Waals surface area contributed by atoms with E-state index in [9.17, 15) is 15.2 Å². The number of aryl methyl sites for hydroxylation is 1. The number of anilines is 3. The third kappa shape index (κ3) is 4.88. The third-order valence-electron chi connectivity index (χ3n) is 7.56. The highest BCUT2D eigenvalue weighted by atomic mass is 32.1. The third-order valence-corrected chi connectivity index (χ3v) is 8.48. The average molecular weight is 558 g/mol. The van der Waals surface area contributed by atoms with E-state index in [2.05, 4.69) is 32.1 Å². The minimum Gasteiger partial charge on any atom is -0.389 e. The number of fused-ring (bicyclic) bond motifs is 1. The van der Waals surface area contributed by atoms with Crippen LogP contribution in [0.15, 0.2) is 42.0 Å². The monoisotopic (exact) mass is 557 g/mol. The summed E-state index contributed by atoms with van der Waals surface area (Å²) in [6, 6.07) is 9.77. The molecular formula is C28H31N9O2S. The number of nitriles is 1. The average Bonchev–Trinajstić information content (AvgIpc) is 3.60. The summed E-state index contributed by atoms with van der Waals surface area (Å²) in [5.41, 5.74) is 3.93. The van der Waals surface area contributed by atoms with Crippen LogP contribution in [-0.2, 0) is 11.2 Å². The Morgan fingerprint density at radius 2 is 1.98 bits per heavy atom. The normalized spacial score (nSPS) is 16.2. The van der Waals surface area contributed by atoms with Gasteiger partial charge in [-0.25, -0.2) is 15.0 Å². The number of imidazole rings is 1. The van der Waals surface area contributed by atoms with Gasteiger partial charge >= 0.3 is 0 Å². The Hall–Kier alpha value is -4.05. The molecule has 0 radical (unpaired) electrons. The molecule has 206 valence electrons. The van der Waals surface area contributed by atoms with Crippen LogP contribution in [0, 0.1) is 11.3 Å². The topological polar surface area (TPSA) is 117 Å². The molecule has 12 heteroatoms. The van der Waals surface area contributed by atoms with E-state index in [-0.39, 0.29) is 12.0 Å². The molecule has 0 unspecified atom stereocenters. The van der Waals surface area contributed by atoms with Gasteiger partial charge in [0, 0.05) is 57.3 Å². The number of carbonyl (C=O) groups is 1. The molecule has 0 aliphatic carbocycles. The summed E-state index contributed by atoms with van der Waals surface area (Å²) >= 11 is 1.53. The molecule has 0 saturated carbocycles. The molecule has 6 rings (SSSR count). The van der Waals surface area contributed by atoms with Crippen molar-refractivity contribution in [2.24, 2.45) is 0 Å². The largest absolute Gasteiger partial charge is 0.389 e. The van der Waals surface area contributed by atoms with E-state index in [1.807, 2.05) is 49.1 Å². The number of carbonyl (C=O) groups excluding carboxylic acids is 1. The first-order valence-electron chi connectivity index (χ1n) is 13.4. The van der Waals surface area contributed by atoms with E-state index in [4.69, 9.17) is 15.0 Å². The predicted molar refractivity (Wildman–Crippen MR) is 154 cm³/mol. The maximum Gasteiger partial charge on any atom is 0.236 e. The van der Waals surface area contributed by atoms with Gasteiger partial charge in [-0.05, 0) is 12.5 Å². The van der Waals surface area contributed by atoms with Gasteiger partial charge in [-0.1, -0.05) is 25.1 Å². The molecule has 0 bridgehead atoms. The molecule has 1 N–H and O–H groups in total. The second kappa shape index (κ2) is 10.8. The van der Waals surface area contributed by atoms with E-state index in [0.29, 0.717) is 25.2 Å². The van der Waals surface area contributed by atoms with Gasteiger partial charge in [0.15, 0.2) is 10.8 Å². The zero-order valence-corrected chi connectivity index (χ0v) is 23.4. The summed E-state index contributed by atoms with van der Waals surface area (Å²) in [7, 11) is 1.99. The van der Waals surface area contributed by atoms with Gasteiger partial charge in [-0.3, -0.25) is 14.1 Å². The van der Waals surface area contributed by atoms with Crippen molar-refractivity contribution in [3.05, 3.63) is 53.3 Å². The summed E-state index contributed by atoms with van der Waals surface area (Å²) in [4.78, 5) is 35.0. The molecule has 0 spiro atoms. The van der Waals surface area contributed by atoms with Crippen LogP contribution in [-0.4, -0.2) is 99.1 Å². The first-order chi connectivity index (χ1) is 19.4. The van der Waals surface area contributed by atoms with Crippen LogP contribution in [0.5, 0.6) is 0 Å². The summed E-state index contributed by atoms with van der Waals surface area (Å²) in [6.45, 7) is 6.43. The molecule has 2 saturated heterocycles. The number of benzene rings is 1. The summed E-state index contributed by atoms with van der Waals surface area (Å²) in [6.07, 6.45) is 4.23. The number of β-amino-alcohol motifs (C(OH)–C–C–N with tert-alkyl or cyclic N) is 1. The molecule has 1 amide bonds. The fourth-order valence-electron chi connectivity index (χ4n) is 5.26. The zero-order chi connectivity index (χ0) is 27.8. The van der Waals surface area contributed by atoms with E-state index >= 15 is 0 Å². The lowest BCUT2D eigenvalue weighted by Crippen LogP contribution is -2.57. The van der Waals surface area contributed by atoms with Crippen LogP contribution >= 0.6 is 11.3 Å². The SMILES string of the molecule is CCc1nc2cnc(N3CCN(CC(=O)N4CC(O)C4)CC3)cn2c1N(C)c1nc(-c2ccccc2C#N)cs1. The molecular weight excluding hydrogens is 526 g/mol. The first kappa shape index (κ1) is 26.2. The summed E-state index contributed by atoms with van der Waals surface area (Å²) < 4.78 is 2.08. The highest BCUT2D eigenvalue weighted by Crippen LogP contribution is 2.34. The van der Waals surface area contributed by atoms with Gasteiger partial charge in [-0.2, -0.15) is 5.26 Å². The van der Waals surface area contributed by atoms with Crippen molar-refractivity contribution in [3.8, 4) is 17.3 Å². The number of hydrogen-bond donors (Lipinski definition) is 1. The van der Waals surface area contributed by atoms with Gasteiger partial charge in [-0.15, -0.1) is 11.3 Å². The van der Waals surface area contributed by atoms with Crippen molar-refractivity contribution in [3.63, 3.8) is 0 Å². The highest BCUT2D eigenvalue weighted by Gasteiger charge is 2.30. The van der Waals surface area contributed by atoms with Gasteiger partial charge in [0.25, 0.3) is 0 Å². The molecule has 2 fully saturated rings. The van der Waals surface area contributed by atoms with E-state index in [1.54, 1.807) is 4.90 Å². The number of likely N-dealkylation sites (tertiary alicyclic amines) is 1. The Morgan fingerprint density at radius 3 is 2.70 bits per heavy atom. The van der Waals surface area contributed by atoms with Gasteiger partial charge < -0.3 is 19.8 Å². The fourth-order valence-corrected chi connectivity index (χ4v) is 6.05. The van der Waals surface area contributed by atoms with Crippen LogP contribution in [0.3, 0.4) is 0 Å². The van der Waals surface area contributed by atoms with Crippen LogP contribution < -0.4 is 9.80 Å². The predicted octanol–water partition coefficient (Wildman–Crippen LogP) is 2.38. The van der Waals surface area contributed by atoms with Crippen molar-refractivity contribution in [1.82, 2.24) is 29.2 Å². The lowest BCUT2D eigenvalue weighted by atomic mass is 10.1. The van der Waals surface area contributed by atoms with Crippen molar-refractivity contribution in [2.75, 3.05) is 62.7 Å². The van der Waals surface area contributed by atoms with Crippen molar-refractivity contribution >= 4 is 39.7 Å². The maximum absolute atomic E-state index is 12.4. The minimum atomic E-state index is -0.375. The highest BCUT2D eigenvalue weighted by molar-refractivity contribution is 7.14. The smallest absolute Gasteiger partial charge is 0.236 e. The Bertz CT molecular complexity index is 1580. The molecule has 2 aliphatic heterocycles. The fraction of sp³-hybridized carbons (Fsp3) is 0.393. The lowest BCUT2D eigenvalue weighted by molar-refractivity contribution is -0.142.